The molecule has 3 aromatic rings. The zero-order valence-corrected chi connectivity index (χ0v) is 15.4. The Balaban J connectivity index is 1.77. The van der Waals surface area contributed by atoms with Crippen LogP contribution in [0.5, 0.6) is 0 Å². The fourth-order valence-electron chi connectivity index (χ4n) is 3.31. The summed E-state index contributed by atoms with van der Waals surface area (Å²) in [7, 11) is 0. The van der Waals surface area contributed by atoms with Crippen molar-refractivity contribution in [3.05, 3.63) is 73.3 Å². The highest BCUT2D eigenvalue weighted by molar-refractivity contribution is 6.08. The quantitative estimate of drug-likeness (QED) is 0.693. The van der Waals surface area contributed by atoms with Crippen LogP contribution in [0.25, 0.3) is 0 Å². The third-order valence-electron chi connectivity index (χ3n) is 4.66. The average Bonchev–Trinajstić information content (AvgIpc) is 2.77. The first-order valence-electron chi connectivity index (χ1n) is 9.28. The van der Waals surface area contributed by atoms with Gasteiger partial charge in [-0.1, -0.05) is 18.2 Å². The monoisotopic (exact) mass is 375 g/mol. The Morgan fingerprint density at radius 2 is 1.50 bits per heavy atom. The van der Waals surface area contributed by atoms with Gasteiger partial charge >= 0.3 is 6.03 Å². The topological polar surface area (TPSA) is 71.5 Å². The first kappa shape index (κ1) is 18.1. The first-order chi connectivity index (χ1) is 13.8. The molecular formula is C21H21N5O2. The highest BCUT2D eigenvalue weighted by Gasteiger charge is 2.33. The lowest BCUT2D eigenvalue weighted by Gasteiger charge is -2.36. The summed E-state index contributed by atoms with van der Waals surface area (Å²) in [6.07, 6.45) is 8.14. The van der Waals surface area contributed by atoms with Crippen molar-refractivity contribution in [2.24, 2.45) is 0 Å². The lowest BCUT2D eigenvalue weighted by atomic mass is 10.1. The van der Waals surface area contributed by atoms with E-state index in [1.807, 2.05) is 42.5 Å². The van der Waals surface area contributed by atoms with Crippen molar-refractivity contribution in [3.8, 4) is 0 Å². The normalized spacial score (nSPS) is 14.4. The van der Waals surface area contributed by atoms with E-state index in [4.69, 9.17) is 4.74 Å². The van der Waals surface area contributed by atoms with E-state index in [-0.39, 0.29) is 12.1 Å². The molecule has 0 atom stereocenters. The van der Waals surface area contributed by atoms with Crippen LogP contribution in [0.1, 0.15) is 12.8 Å². The molecule has 142 valence electrons. The van der Waals surface area contributed by atoms with Crippen molar-refractivity contribution in [2.75, 3.05) is 23.0 Å². The van der Waals surface area contributed by atoms with E-state index in [0.29, 0.717) is 19.2 Å². The number of rotatable bonds is 4. The van der Waals surface area contributed by atoms with Crippen LogP contribution in [0.2, 0.25) is 0 Å². The maximum atomic E-state index is 13.9. The molecule has 0 saturated carbocycles. The molecule has 4 rings (SSSR count). The van der Waals surface area contributed by atoms with Crippen LogP contribution in [0.3, 0.4) is 0 Å². The number of anilines is 3. The minimum atomic E-state index is -0.199. The highest BCUT2D eigenvalue weighted by Crippen LogP contribution is 2.29. The van der Waals surface area contributed by atoms with Gasteiger partial charge < -0.3 is 4.74 Å². The van der Waals surface area contributed by atoms with Crippen molar-refractivity contribution in [1.82, 2.24) is 15.0 Å². The van der Waals surface area contributed by atoms with Gasteiger partial charge in [0, 0.05) is 44.0 Å². The van der Waals surface area contributed by atoms with Crippen LogP contribution in [-0.2, 0) is 4.74 Å². The van der Waals surface area contributed by atoms with Gasteiger partial charge in [0.1, 0.15) is 0 Å². The van der Waals surface area contributed by atoms with Crippen LogP contribution >= 0.6 is 0 Å². The molecule has 0 unspecified atom stereocenters. The number of nitrogens with zero attached hydrogens (tertiary/aromatic N) is 5. The third-order valence-corrected chi connectivity index (χ3v) is 4.66. The summed E-state index contributed by atoms with van der Waals surface area (Å²) >= 11 is 0. The summed E-state index contributed by atoms with van der Waals surface area (Å²) < 4.78 is 5.49. The number of hydrogen-bond donors (Lipinski definition) is 0. The molecule has 0 spiro atoms. The molecule has 1 saturated heterocycles. The van der Waals surface area contributed by atoms with Crippen LogP contribution < -0.4 is 9.80 Å². The number of hydrogen-bond acceptors (Lipinski definition) is 5. The van der Waals surface area contributed by atoms with Gasteiger partial charge in [0.05, 0.1) is 11.4 Å². The molecular weight excluding hydrogens is 354 g/mol. The number of amides is 2. The summed E-state index contributed by atoms with van der Waals surface area (Å²) in [5.41, 5.74) is 1.51. The minimum Gasteiger partial charge on any atom is -0.381 e. The molecule has 7 heteroatoms. The van der Waals surface area contributed by atoms with Gasteiger partial charge in [-0.15, -0.1) is 0 Å². The van der Waals surface area contributed by atoms with Gasteiger partial charge in [0.15, 0.2) is 0 Å². The highest BCUT2D eigenvalue weighted by atomic mass is 16.5. The van der Waals surface area contributed by atoms with Gasteiger partial charge in [-0.05, 0) is 43.2 Å². The molecule has 1 fully saturated rings. The zero-order chi connectivity index (χ0) is 19.2. The molecule has 0 radical (unpaired) electrons. The van der Waals surface area contributed by atoms with E-state index in [1.54, 1.807) is 40.7 Å². The van der Waals surface area contributed by atoms with Crippen molar-refractivity contribution in [3.63, 3.8) is 0 Å². The smallest absolute Gasteiger partial charge is 0.336 e. The Morgan fingerprint density at radius 1 is 0.857 bits per heavy atom. The Hall–Kier alpha value is -3.32. The van der Waals surface area contributed by atoms with Crippen molar-refractivity contribution in [1.29, 1.82) is 0 Å². The second-order valence-electron chi connectivity index (χ2n) is 6.42. The van der Waals surface area contributed by atoms with Gasteiger partial charge in [-0.2, -0.15) is 0 Å². The molecule has 0 N–H and O–H groups in total. The number of pyridine rings is 1. The number of benzene rings is 1. The van der Waals surface area contributed by atoms with E-state index in [2.05, 4.69) is 15.0 Å². The molecule has 28 heavy (non-hydrogen) atoms. The lowest BCUT2D eigenvalue weighted by molar-refractivity contribution is 0.0855. The largest absolute Gasteiger partial charge is 0.381 e. The molecule has 1 aliphatic heterocycles. The van der Waals surface area contributed by atoms with Crippen LogP contribution in [0.15, 0.2) is 73.3 Å². The fraction of sp³-hybridized carbons (Fsp3) is 0.238. The summed E-state index contributed by atoms with van der Waals surface area (Å²) in [5.74, 6) is 0.398. The van der Waals surface area contributed by atoms with E-state index >= 15 is 0 Å². The standard InChI is InChI=1S/C21H21N5O2/c27-21(25(17-5-2-1-3-6-17)18-7-13-22-14-8-18)26(19-9-15-28-16-10-19)20-23-11-4-12-24-20/h1-8,11-14,19H,9-10,15-16H2. The summed E-state index contributed by atoms with van der Waals surface area (Å²) in [6.45, 7) is 1.23. The second-order valence-corrected chi connectivity index (χ2v) is 6.42. The van der Waals surface area contributed by atoms with Gasteiger partial charge in [-0.3, -0.25) is 14.8 Å². The van der Waals surface area contributed by atoms with E-state index < -0.39 is 0 Å². The van der Waals surface area contributed by atoms with Crippen molar-refractivity contribution >= 4 is 23.4 Å². The number of urea groups is 1. The Morgan fingerprint density at radius 3 is 2.18 bits per heavy atom. The second kappa shape index (κ2) is 8.58. The number of ether oxygens (including phenoxy) is 1. The van der Waals surface area contributed by atoms with E-state index in [9.17, 15) is 4.79 Å². The zero-order valence-electron chi connectivity index (χ0n) is 15.4. The Labute approximate surface area is 163 Å². The Bertz CT molecular complexity index is 847. The number of para-hydroxylation sites is 1. The first-order valence-corrected chi connectivity index (χ1v) is 9.28. The summed E-state index contributed by atoms with van der Waals surface area (Å²) in [6, 6.07) is 14.7. The third kappa shape index (κ3) is 3.84. The molecule has 1 aromatic carbocycles. The van der Waals surface area contributed by atoms with Crippen LogP contribution in [-0.4, -0.2) is 40.2 Å². The number of carbonyl (C=O) groups is 1. The van der Waals surface area contributed by atoms with Crippen molar-refractivity contribution < 1.29 is 9.53 Å². The SMILES string of the molecule is O=C(N(c1ccccc1)c1ccncc1)N(c1ncccn1)C1CCOCC1. The maximum absolute atomic E-state index is 13.9. The predicted octanol–water partition coefficient (Wildman–Crippen LogP) is 3.82. The van der Waals surface area contributed by atoms with Crippen LogP contribution in [0.4, 0.5) is 22.1 Å². The lowest BCUT2D eigenvalue weighted by Crippen LogP contribution is -2.49. The molecule has 1 aliphatic rings. The molecule has 2 aromatic heterocycles. The molecule has 0 bridgehead atoms. The molecule has 0 aliphatic carbocycles. The minimum absolute atomic E-state index is 0.0308. The van der Waals surface area contributed by atoms with Gasteiger partial charge in [0.2, 0.25) is 5.95 Å². The Kier molecular flexibility index (Phi) is 5.53. The molecule has 3 heterocycles. The molecule has 7 nitrogen and oxygen atoms in total. The summed E-state index contributed by atoms with van der Waals surface area (Å²) in [4.78, 5) is 30.0. The van der Waals surface area contributed by atoms with Gasteiger partial charge in [0.25, 0.3) is 0 Å². The van der Waals surface area contributed by atoms with Crippen molar-refractivity contribution in [2.45, 2.75) is 18.9 Å². The summed E-state index contributed by atoms with van der Waals surface area (Å²) in [5, 5.41) is 0. The fourth-order valence-corrected chi connectivity index (χ4v) is 3.31. The van der Waals surface area contributed by atoms with Gasteiger partial charge in [-0.25, -0.2) is 14.8 Å². The average molecular weight is 375 g/mol. The maximum Gasteiger partial charge on any atom is 0.336 e. The predicted molar refractivity (Wildman–Crippen MR) is 107 cm³/mol. The van der Waals surface area contributed by atoms with E-state index in [1.165, 1.54) is 0 Å². The number of aromatic nitrogens is 3. The van der Waals surface area contributed by atoms with Crippen LogP contribution in [0, 0.1) is 0 Å². The number of carbonyl (C=O) groups excluding carboxylic acids is 1. The molecule has 2 amide bonds. The van der Waals surface area contributed by atoms with E-state index in [0.717, 1.165) is 24.2 Å².